The maximum absolute atomic E-state index is 13.2. The Balaban J connectivity index is 1.80. The van der Waals surface area contributed by atoms with Crippen LogP contribution in [0.25, 0.3) is 0 Å². The third kappa shape index (κ3) is 7.46. The maximum atomic E-state index is 13.2. The average molecular weight is 467 g/mol. The first-order valence-electron chi connectivity index (χ1n) is 10.4. The van der Waals surface area contributed by atoms with E-state index in [1.807, 2.05) is 60.7 Å². The summed E-state index contributed by atoms with van der Waals surface area (Å²) in [5.74, 6) is -1.55. The lowest BCUT2D eigenvalue weighted by molar-refractivity contribution is -0.172. The summed E-state index contributed by atoms with van der Waals surface area (Å²) in [5, 5.41) is 0. The van der Waals surface area contributed by atoms with E-state index >= 15 is 0 Å². The summed E-state index contributed by atoms with van der Waals surface area (Å²) >= 11 is 0. The third-order valence-corrected chi connectivity index (χ3v) is 6.19. The number of hydrogen-bond donors (Lipinski definition) is 0. The van der Waals surface area contributed by atoms with Crippen LogP contribution in [0.1, 0.15) is 11.1 Å². The van der Waals surface area contributed by atoms with E-state index in [-0.39, 0.29) is 19.0 Å². The lowest BCUT2D eigenvalue weighted by Gasteiger charge is -2.25. The van der Waals surface area contributed by atoms with Gasteiger partial charge in [-0.1, -0.05) is 78.9 Å². The molecule has 3 rings (SSSR count). The second-order valence-corrected chi connectivity index (χ2v) is 8.68. The molecule has 0 aliphatic carbocycles. The normalized spacial score (nSPS) is 13.6. The van der Waals surface area contributed by atoms with Crippen LogP contribution in [-0.4, -0.2) is 41.0 Å². The highest BCUT2D eigenvalue weighted by Gasteiger charge is 2.37. The fraction of sp³-hybridized carbons (Fsp3) is 0.231. The zero-order chi connectivity index (χ0) is 23.5. The van der Waals surface area contributed by atoms with Crippen LogP contribution >= 0.6 is 0 Å². The van der Waals surface area contributed by atoms with Crippen molar-refractivity contribution in [1.82, 2.24) is 0 Å². The van der Waals surface area contributed by atoms with Gasteiger partial charge in [0.2, 0.25) is 0 Å². The quantitative estimate of drug-likeness (QED) is 0.379. The first-order chi connectivity index (χ1) is 16.1. The van der Waals surface area contributed by atoms with E-state index in [1.165, 1.54) is 7.11 Å². The lowest BCUT2D eigenvalue weighted by atomic mass is 10.1. The van der Waals surface area contributed by atoms with Crippen LogP contribution in [0.5, 0.6) is 0 Å². The molecule has 0 aromatic heterocycles. The van der Waals surface area contributed by atoms with Gasteiger partial charge in [-0.25, -0.2) is 4.79 Å². The SMILES string of the molecule is COC(=O)[C@@H](OCc1ccccc1)[C@H](OCc1ccccc1)C(=O)CS(=O)c1ccccc1. The molecule has 0 amide bonds. The van der Waals surface area contributed by atoms with E-state index in [0.29, 0.717) is 4.90 Å². The van der Waals surface area contributed by atoms with Crippen molar-refractivity contribution in [2.75, 3.05) is 12.9 Å². The maximum Gasteiger partial charge on any atom is 0.338 e. The Hall–Kier alpha value is -3.13. The highest BCUT2D eigenvalue weighted by atomic mass is 32.2. The molecule has 0 N–H and O–H groups in total. The number of esters is 1. The van der Waals surface area contributed by atoms with Crippen LogP contribution in [-0.2, 0) is 47.8 Å². The predicted molar refractivity (Wildman–Crippen MR) is 125 cm³/mol. The molecular weight excluding hydrogens is 440 g/mol. The van der Waals surface area contributed by atoms with E-state index in [4.69, 9.17) is 14.2 Å². The van der Waals surface area contributed by atoms with Crippen molar-refractivity contribution in [2.45, 2.75) is 30.3 Å². The van der Waals surface area contributed by atoms with E-state index in [0.717, 1.165) is 11.1 Å². The van der Waals surface area contributed by atoms with Crippen molar-refractivity contribution in [2.24, 2.45) is 0 Å². The van der Waals surface area contributed by atoms with Crippen molar-refractivity contribution in [3.8, 4) is 0 Å². The second kappa shape index (κ2) is 12.8. The molecule has 0 aliphatic rings. The number of methoxy groups -OCH3 is 1. The molecule has 1 unspecified atom stereocenters. The van der Waals surface area contributed by atoms with Crippen molar-refractivity contribution >= 4 is 22.6 Å². The molecule has 0 fully saturated rings. The molecule has 0 aliphatic heterocycles. The fourth-order valence-electron chi connectivity index (χ4n) is 3.13. The van der Waals surface area contributed by atoms with Crippen LogP contribution in [0, 0.1) is 0 Å². The second-order valence-electron chi connectivity index (χ2n) is 7.23. The summed E-state index contributed by atoms with van der Waals surface area (Å²) in [6.07, 6.45) is -2.59. The topological polar surface area (TPSA) is 78.9 Å². The molecule has 0 saturated heterocycles. The Morgan fingerprint density at radius 2 is 1.18 bits per heavy atom. The number of carbonyl (C=O) groups excluding carboxylic acids is 2. The number of Topliss-reactive ketones (excluding diaryl/α,β-unsaturated/α-hetero) is 1. The van der Waals surface area contributed by atoms with Crippen LogP contribution < -0.4 is 0 Å². The minimum absolute atomic E-state index is 0.0808. The molecule has 172 valence electrons. The summed E-state index contributed by atoms with van der Waals surface area (Å²) in [4.78, 5) is 26.3. The van der Waals surface area contributed by atoms with Crippen LogP contribution in [0.4, 0.5) is 0 Å². The summed E-state index contributed by atoms with van der Waals surface area (Å²) in [5.41, 5.74) is 1.65. The summed E-state index contributed by atoms with van der Waals surface area (Å²) in [6.45, 7) is 0.165. The minimum atomic E-state index is -1.59. The number of ether oxygens (including phenoxy) is 3. The smallest absolute Gasteiger partial charge is 0.338 e. The Bertz CT molecular complexity index is 1040. The lowest BCUT2D eigenvalue weighted by Crippen LogP contribution is -2.45. The molecule has 3 aromatic rings. The number of rotatable bonds is 12. The molecule has 0 spiro atoms. The van der Waals surface area contributed by atoms with E-state index in [9.17, 15) is 13.8 Å². The van der Waals surface area contributed by atoms with Crippen molar-refractivity contribution in [1.29, 1.82) is 0 Å². The van der Waals surface area contributed by atoms with Crippen LogP contribution in [0.15, 0.2) is 95.9 Å². The summed E-state index contributed by atoms with van der Waals surface area (Å²) in [6, 6.07) is 27.2. The van der Waals surface area contributed by atoms with Gasteiger partial charge in [-0.3, -0.25) is 9.00 Å². The third-order valence-electron chi connectivity index (χ3n) is 4.85. The largest absolute Gasteiger partial charge is 0.467 e. The Kier molecular flexibility index (Phi) is 9.50. The Morgan fingerprint density at radius 1 is 0.727 bits per heavy atom. The molecule has 6 nitrogen and oxygen atoms in total. The minimum Gasteiger partial charge on any atom is -0.467 e. The molecule has 3 atom stereocenters. The molecular formula is C26H26O6S. The van der Waals surface area contributed by atoms with Crippen LogP contribution in [0.2, 0.25) is 0 Å². The Labute approximate surface area is 196 Å². The van der Waals surface area contributed by atoms with Gasteiger partial charge in [-0.15, -0.1) is 0 Å². The molecule has 0 heterocycles. The first-order valence-corrected chi connectivity index (χ1v) is 11.8. The van der Waals surface area contributed by atoms with Crippen molar-refractivity contribution in [3.05, 3.63) is 102 Å². The van der Waals surface area contributed by atoms with Crippen molar-refractivity contribution in [3.63, 3.8) is 0 Å². The van der Waals surface area contributed by atoms with Gasteiger partial charge < -0.3 is 14.2 Å². The molecule has 0 radical (unpaired) electrons. The van der Waals surface area contributed by atoms with Gasteiger partial charge in [0.25, 0.3) is 0 Å². The average Bonchev–Trinajstić information content (AvgIpc) is 2.87. The van der Waals surface area contributed by atoms with E-state index in [2.05, 4.69) is 0 Å². The highest BCUT2D eigenvalue weighted by molar-refractivity contribution is 7.85. The van der Waals surface area contributed by atoms with Gasteiger partial charge >= 0.3 is 5.97 Å². The molecule has 33 heavy (non-hydrogen) atoms. The zero-order valence-electron chi connectivity index (χ0n) is 18.3. The van der Waals surface area contributed by atoms with Gasteiger partial charge in [0.15, 0.2) is 18.0 Å². The van der Waals surface area contributed by atoms with Gasteiger partial charge in [-0.05, 0) is 23.3 Å². The van der Waals surface area contributed by atoms with E-state index in [1.54, 1.807) is 30.3 Å². The van der Waals surface area contributed by atoms with Gasteiger partial charge in [0.05, 0.1) is 36.9 Å². The molecule has 0 bridgehead atoms. The van der Waals surface area contributed by atoms with Gasteiger partial charge in [-0.2, -0.15) is 0 Å². The highest BCUT2D eigenvalue weighted by Crippen LogP contribution is 2.16. The van der Waals surface area contributed by atoms with Crippen molar-refractivity contribution < 1.29 is 28.0 Å². The first kappa shape index (κ1) is 24.5. The zero-order valence-corrected chi connectivity index (χ0v) is 19.1. The van der Waals surface area contributed by atoms with E-state index < -0.39 is 34.8 Å². The monoisotopic (exact) mass is 466 g/mol. The number of benzene rings is 3. The standard InChI is InChI=1S/C26H26O6S/c1-30-26(28)25(32-18-21-13-7-3-8-14-21)24(31-17-20-11-5-2-6-12-20)23(27)19-33(29)22-15-9-4-10-16-22/h2-16,24-25H,17-19H2,1H3/t24-,25+,33?/m1/s1. The predicted octanol–water partition coefficient (Wildman–Crippen LogP) is 3.71. The number of ketones is 1. The molecule has 0 saturated carbocycles. The van der Waals surface area contributed by atoms with Gasteiger partial charge in [0.1, 0.15) is 0 Å². The van der Waals surface area contributed by atoms with Crippen LogP contribution in [0.3, 0.4) is 0 Å². The number of carbonyl (C=O) groups is 2. The molecule has 3 aromatic carbocycles. The summed E-state index contributed by atoms with van der Waals surface area (Å²) in [7, 11) is -0.367. The molecule has 7 heteroatoms. The van der Waals surface area contributed by atoms with Gasteiger partial charge in [0, 0.05) is 4.90 Å². The fourth-order valence-corrected chi connectivity index (χ4v) is 4.18. The summed E-state index contributed by atoms with van der Waals surface area (Å²) < 4.78 is 29.4. The Morgan fingerprint density at radius 3 is 1.67 bits per heavy atom. The number of hydrogen-bond acceptors (Lipinski definition) is 6.